The van der Waals surface area contributed by atoms with Gasteiger partial charge in [0.15, 0.2) is 0 Å². The van der Waals surface area contributed by atoms with E-state index >= 15 is 0 Å². The van der Waals surface area contributed by atoms with Gasteiger partial charge in [-0.2, -0.15) is 0 Å². The molecule has 70 valence electrons. The number of aliphatic hydroxyl groups excluding tert-OH is 1. The maximum Gasteiger partial charge on any atom is 0.100 e. The SMILES string of the molecule is CC#CCC(O)c1cc(Cl)sc1Cl. The summed E-state index contributed by atoms with van der Waals surface area (Å²) in [7, 11) is 0. The first-order valence-corrected chi connectivity index (χ1v) is 5.24. The summed E-state index contributed by atoms with van der Waals surface area (Å²) in [6, 6.07) is 1.68. The topological polar surface area (TPSA) is 20.2 Å². The second kappa shape index (κ2) is 4.88. The summed E-state index contributed by atoms with van der Waals surface area (Å²) in [4.78, 5) is 0. The molecule has 0 fully saturated rings. The molecule has 0 saturated heterocycles. The molecule has 0 radical (unpaired) electrons. The Labute approximate surface area is 91.3 Å². The van der Waals surface area contributed by atoms with E-state index in [4.69, 9.17) is 23.2 Å². The Balaban J connectivity index is 2.79. The molecule has 4 heteroatoms. The smallest absolute Gasteiger partial charge is 0.100 e. The average molecular weight is 235 g/mol. The van der Waals surface area contributed by atoms with Gasteiger partial charge in [-0.15, -0.1) is 23.2 Å². The van der Waals surface area contributed by atoms with Crippen molar-refractivity contribution < 1.29 is 5.11 Å². The van der Waals surface area contributed by atoms with E-state index in [1.54, 1.807) is 13.0 Å². The zero-order chi connectivity index (χ0) is 9.84. The van der Waals surface area contributed by atoms with Crippen LogP contribution in [0.25, 0.3) is 0 Å². The highest BCUT2D eigenvalue weighted by atomic mass is 35.5. The number of hydrogen-bond donors (Lipinski definition) is 1. The summed E-state index contributed by atoms with van der Waals surface area (Å²) in [5.74, 6) is 5.50. The Morgan fingerprint density at radius 3 is 2.77 bits per heavy atom. The molecular formula is C9H8Cl2OS. The monoisotopic (exact) mass is 234 g/mol. The maximum atomic E-state index is 9.61. The molecule has 1 aromatic rings. The highest BCUT2D eigenvalue weighted by Crippen LogP contribution is 2.35. The molecule has 1 rings (SSSR count). The molecule has 0 aliphatic heterocycles. The van der Waals surface area contributed by atoms with Crippen LogP contribution in [0.1, 0.15) is 25.0 Å². The number of aliphatic hydroxyl groups is 1. The first-order chi connectivity index (χ1) is 6.15. The zero-order valence-electron chi connectivity index (χ0n) is 6.97. The molecule has 0 aromatic carbocycles. The zero-order valence-corrected chi connectivity index (χ0v) is 9.30. The van der Waals surface area contributed by atoms with E-state index in [1.807, 2.05) is 0 Å². The predicted molar refractivity (Wildman–Crippen MR) is 57.4 cm³/mol. The van der Waals surface area contributed by atoms with Crippen molar-refractivity contribution in [1.82, 2.24) is 0 Å². The van der Waals surface area contributed by atoms with Crippen molar-refractivity contribution in [1.29, 1.82) is 0 Å². The van der Waals surface area contributed by atoms with E-state index in [1.165, 1.54) is 11.3 Å². The summed E-state index contributed by atoms with van der Waals surface area (Å²) in [5, 5.41) is 9.61. The molecule has 0 aliphatic rings. The third kappa shape index (κ3) is 2.89. The van der Waals surface area contributed by atoms with E-state index in [2.05, 4.69) is 11.8 Å². The third-order valence-corrected chi connectivity index (χ3v) is 3.03. The standard InChI is InChI=1S/C9H8Cl2OS/c1-2-3-4-7(12)6-5-8(10)13-9(6)11/h5,7,12H,4H2,1H3. The molecule has 0 bridgehead atoms. The highest BCUT2D eigenvalue weighted by Gasteiger charge is 2.13. The predicted octanol–water partition coefficient (Wildman–Crippen LogP) is 3.50. The molecule has 1 nitrogen and oxygen atoms in total. The fourth-order valence-corrected chi connectivity index (χ4v) is 2.46. The molecule has 1 heterocycles. The minimum absolute atomic E-state index is 0.392. The van der Waals surface area contributed by atoms with Gasteiger partial charge in [0.2, 0.25) is 0 Å². The summed E-state index contributed by atoms with van der Waals surface area (Å²) in [5.41, 5.74) is 0.666. The van der Waals surface area contributed by atoms with Gasteiger partial charge in [-0.05, 0) is 13.0 Å². The third-order valence-electron chi connectivity index (χ3n) is 1.51. The van der Waals surface area contributed by atoms with E-state index in [9.17, 15) is 5.11 Å². The van der Waals surface area contributed by atoms with Crippen LogP contribution in [0.5, 0.6) is 0 Å². The Morgan fingerprint density at radius 2 is 2.31 bits per heavy atom. The van der Waals surface area contributed by atoms with E-state index in [0.29, 0.717) is 20.7 Å². The lowest BCUT2D eigenvalue weighted by Gasteiger charge is -2.03. The number of thiophene rings is 1. The fraction of sp³-hybridized carbons (Fsp3) is 0.333. The lowest BCUT2D eigenvalue weighted by Crippen LogP contribution is -1.93. The van der Waals surface area contributed by atoms with Gasteiger partial charge in [0.05, 0.1) is 10.4 Å². The summed E-state index contributed by atoms with van der Waals surface area (Å²) in [6.45, 7) is 1.73. The minimum Gasteiger partial charge on any atom is -0.387 e. The molecule has 1 aromatic heterocycles. The van der Waals surface area contributed by atoms with Gasteiger partial charge in [-0.3, -0.25) is 0 Å². The summed E-state index contributed by atoms with van der Waals surface area (Å²) in [6.07, 6.45) is -0.243. The van der Waals surface area contributed by atoms with Crippen LogP contribution in [0.2, 0.25) is 8.67 Å². The van der Waals surface area contributed by atoms with Crippen LogP contribution in [0.4, 0.5) is 0 Å². The van der Waals surface area contributed by atoms with Crippen molar-refractivity contribution in [2.75, 3.05) is 0 Å². The van der Waals surface area contributed by atoms with Crippen molar-refractivity contribution in [3.05, 3.63) is 20.3 Å². The van der Waals surface area contributed by atoms with Gasteiger partial charge in [-0.25, -0.2) is 0 Å². The Morgan fingerprint density at radius 1 is 1.62 bits per heavy atom. The molecule has 1 atom stereocenters. The second-order valence-electron chi connectivity index (χ2n) is 2.43. The number of halogens is 2. The van der Waals surface area contributed by atoms with Crippen LogP contribution >= 0.6 is 34.5 Å². The molecule has 0 aliphatic carbocycles. The van der Waals surface area contributed by atoms with E-state index in [0.717, 1.165) is 0 Å². The van der Waals surface area contributed by atoms with Gasteiger partial charge in [0, 0.05) is 12.0 Å². The molecular weight excluding hydrogens is 227 g/mol. The largest absolute Gasteiger partial charge is 0.387 e. The van der Waals surface area contributed by atoms with Gasteiger partial charge in [-0.1, -0.05) is 23.2 Å². The van der Waals surface area contributed by atoms with Crippen molar-refractivity contribution in [2.45, 2.75) is 19.4 Å². The summed E-state index contributed by atoms with van der Waals surface area (Å²) < 4.78 is 1.12. The van der Waals surface area contributed by atoms with Crippen LogP contribution in [0, 0.1) is 11.8 Å². The van der Waals surface area contributed by atoms with Crippen molar-refractivity contribution in [3.63, 3.8) is 0 Å². The first-order valence-electron chi connectivity index (χ1n) is 3.67. The van der Waals surface area contributed by atoms with E-state index in [-0.39, 0.29) is 0 Å². The molecule has 0 saturated carbocycles. The van der Waals surface area contributed by atoms with E-state index < -0.39 is 6.10 Å². The van der Waals surface area contributed by atoms with Gasteiger partial charge >= 0.3 is 0 Å². The highest BCUT2D eigenvalue weighted by molar-refractivity contribution is 7.20. The van der Waals surface area contributed by atoms with Crippen LogP contribution in [-0.2, 0) is 0 Å². The second-order valence-corrected chi connectivity index (χ2v) is 4.71. The van der Waals surface area contributed by atoms with Crippen molar-refractivity contribution in [2.24, 2.45) is 0 Å². The minimum atomic E-state index is -0.635. The van der Waals surface area contributed by atoms with Crippen molar-refractivity contribution in [3.8, 4) is 11.8 Å². The maximum absolute atomic E-state index is 9.61. The number of hydrogen-bond acceptors (Lipinski definition) is 2. The molecule has 1 unspecified atom stereocenters. The average Bonchev–Trinajstić information content (AvgIpc) is 2.41. The molecule has 0 spiro atoms. The normalized spacial score (nSPS) is 12.0. The first kappa shape index (κ1) is 10.9. The van der Waals surface area contributed by atoms with Crippen LogP contribution in [0.3, 0.4) is 0 Å². The Kier molecular flexibility index (Phi) is 4.08. The Bertz CT molecular complexity index is 348. The van der Waals surface area contributed by atoms with Crippen LogP contribution < -0.4 is 0 Å². The quantitative estimate of drug-likeness (QED) is 0.778. The molecule has 1 N–H and O–H groups in total. The van der Waals surface area contributed by atoms with Crippen LogP contribution in [0.15, 0.2) is 6.07 Å². The molecule has 0 amide bonds. The summed E-state index contributed by atoms with van der Waals surface area (Å²) >= 11 is 12.8. The van der Waals surface area contributed by atoms with Gasteiger partial charge in [0.25, 0.3) is 0 Å². The van der Waals surface area contributed by atoms with Gasteiger partial charge in [0.1, 0.15) is 4.34 Å². The van der Waals surface area contributed by atoms with Crippen LogP contribution in [-0.4, -0.2) is 5.11 Å². The van der Waals surface area contributed by atoms with Crippen molar-refractivity contribution >= 4 is 34.5 Å². The number of rotatable bonds is 2. The molecule has 13 heavy (non-hydrogen) atoms. The van der Waals surface area contributed by atoms with Gasteiger partial charge < -0.3 is 5.11 Å². The Hall–Kier alpha value is -0.200. The fourth-order valence-electron chi connectivity index (χ4n) is 0.889. The lowest BCUT2D eigenvalue weighted by atomic mass is 10.1. The lowest BCUT2D eigenvalue weighted by molar-refractivity contribution is 0.184.